The molecule has 0 fully saturated rings. The zero-order valence-electron chi connectivity index (χ0n) is 10.5. The lowest BCUT2D eigenvalue weighted by atomic mass is 10.1. The fourth-order valence-corrected chi connectivity index (χ4v) is 1.81. The summed E-state index contributed by atoms with van der Waals surface area (Å²) >= 11 is 5.72. The lowest BCUT2D eigenvalue weighted by molar-refractivity contribution is 0.102. The van der Waals surface area contributed by atoms with Crippen LogP contribution in [0.1, 0.15) is 10.4 Å². The maximum atomic E-state index is 13.6. The first-order valence-electron chi connectivity index (χ1n) is 5.75. The highest BCUT2D eigenvalue weighted by molar-refractivity contribution is 6.30. The van der Waals surface area contributed by atoms with E-state index in [1.54, 1.807) is 24.3 Å². The second-order valence-corrected chi connectivity index (χ2v) is 4.46. The number of rotatable bonds is 3. The molecule has 0 heterocycles. The number of carbonyl (C=O) groups is 1. The highest BCUT2D eigenvalue weighted by Crippen LogP contribution is 2.21. The molecule has 1 amide bonds. The van der Waals surface area contributed by atoms with Crippen LogP contribution in [0.15, 0.2) is 36.4 Å². The maximum Gasteiger partial charge on any atom is 0.255 e. The van der Waals surface area contributed by atoms with Crippen molar-refractivity contribution < 1.29 is 13.6 Å². The van der Waals surface area contributed by atoms with Gasteiger partial charge in [0.05, 0.1) is 0 Å². The molecule has 0 saturated carbocycles. The van der Waals surface area contributed by atoms with Crippen molar-refractivity contribution in [3.05, 3.63) is 58.6 Å². The fraction of sp³-hybridized carbons (Fsp3) is 0.0714. The van der Waals surface area contributed by atoms with Crippen LogP contribution in [0.25, 0.3) is 0 Å². The Morgan fingerprint density at radius 2 is 1.65 bits per heavy atom. The molecule has 0 unspecified atom stereocenters. The van der Waals surface area contributed by atoms with E-state index in [1.807, 2.05) is 0 Å². The molecule has 2 rings (SSSR count). The molecular formula is C14H11ClF2N2O. The van der Waals surface area contributed by atoms with Gasteiger partial charge in [-0.3, -0.25) is 4.79 Å². The Hall–Kier alpha value is -2.14. The number of carbonyl (C=O) groups excluding carboxylic acids is 1. The van der Waals surface area contributed by atoms with Gasteiger partial charge in [-0.2, -0.15) is 0 Å². The van der Waals surface area contributed by atoms with Crippen molar-refractivity contribution >= 4 is 28.9 Å². The monoisotopic (exact) mass is 296 g/mol. The molecule has 0 atom stereocenters. The molecule has 0 aliphatic rings. The average molecular weight is 297 g/mol. The summed E-state index contributed by atoms with van der Waals surface area (Å²) in [7, 11) is 1.40. The predicted molar refractivity (Wildman–Crippen MR) is 75.3 cm³/mol. The fourth-order valence-electron chi connectivity index (χ4n) is 1.68. The van der Waals surface area contributed by atoms with Gasteiger partial charge in [0, 0.05) is 23.3 Å². The van der Waals surface area contributed by atoms with Crippen molar-refractivity contribution in [2.45, 2.75) is 0 Å². The molecule has 0 radical (unpaired) electrons. The molecule has 2 N–H and O–H groups in total. The quantitative estimate of drug-likeness (QED) is 0.901. The molecule has 2 aromatic rings. The van der Waals surface area contributed by atoms with Crippen LogP contribution in [0.5, 0.6) is 0 Å². The molecule has 20 heavy (non-hydrogen) atoms. The maximum absolute atomic E-state index is 13.6. The summed E-state index contributed by atoms with van der Waals surface area (Å²) < 4.78 is 27.1. The van der Waals surface area contributed by atoms with E-state index in [0.29, 0.717) is 10.7 Å². The van der Waals surface area contributed by atoms with Crippen LogP contribution in [0.4, 0.5) is 20.2 Å². The number of hydrogen-bond acceptors (Lipinski definition) is 2. The van der Waals surface area contributed by atoms with Gasteiger partial charge in [-0.05, 0) is 36.4 Å². The summed E-state index contributed by atoms with van der Waals surface area (Å²) in [4.78, 5) is 11.9. The minimum absolute atomic E-state index is 0.103. The van der Waals surface area contributed by atoms with E-state index in [9.17, 15) is 13.6 Å². The topological polar surface area (TPSA) is 41.1 Å². The SMILES string of the molecule is CNc1c(F)cc(C(=O)Nc2ccc(Cl)cc2)cc1F. The third-order valence-electron chi connectivity index (χ3n) is 2.66. The van der Waals surface area contributed by atoms with Gasteiger partial charge in [-0.15, -0.1) is 0 Å². The third-order valence-corrected chi connectivity index (χ3v) is 2.91. The van der Waals surface area contributed by atoms with Gasteiger partial charge in [0.2, 0.25) is 0 Å². The molecule has 0 spiro atoms. The largest absolute Gasteiger partial charge is 0.383 e. The first kappa shape index (κ1) is 14.3. The van der Waals surface area contributed by atoms with E-state index in [-0.39, 0.29) is 11.3 Å². The standard InChI is InChI=1S/C14H11ClF2N2O/c1-18-13-11(16)6-8(7-12(13)17)14(20)19-10-4-2-9(15)3-5-10/h2-7,18H,1H3,(H,19,20). The molecule has 104 valence electrons. The molecule has 0 bridgehead atoms. The average Bonchev–Trinajstić information content (AvgIpc) is 2.41. The van der Waals surface area contributed by atoms with Crippen molar-refractivity contribution in [2.24, 2.45) is 0 Å². The molecule has 0 aliphatic carbocycles. The number of anilines is 2. The van der Waals surface area contributed by atoms with Crippen molar-refractivity contribution in [3.63, 3.8) is 0 Å². The van der Waals surface area contributed by atoms with E-state index in [1.165, 1.54) is 7.05 Å². The Kier molecular flexibility index (Phi) is 4.20. The number of hydrogen-bond donors (Lipinski definition) is 2. The van der Waals surface area contributed by atoms with E-state index in [4.69, 9.17) is 11.6 Å². The van der Waals surface area contributed by atoms with Gasteiger partial charge in [0.25, 0.3) is 5.91 Å². The first-order chi connectivity index (χ1) is 9.51. The van der Waals surface area contributed by atoms with Crippen LogP contribution in [-0.4, -0.2) is 13.0 Å². The lowest BCUT2D eigenvalue weighted by Gasteiger charge is -2.08. The van der Waals surface area contributed by atoms with Crippen LogP contribution in [-0.2, 0) is 0 Å². The van der Waals surface area contributed by atoms with Crippen molar-refractivity contribution in [1.29, 1.82) is 0 Å². The summed E-state index contributed by atoms with van der Waals surface area (Å²) in [6, 6.07) is 8.33. The van der Waals surface area contributed by atoms with Crippen LogP contribution in [0.3, 0.4) is 0 Å². The molecule has 2 aromatic carbocycles. The minimum atomic E-state index is -0.825. The van der Waals surface area contributed by atoms with Gasteiger partial charge in [-0.25, -0.2) is 8.78 Å². The zero-order chi connectivity index (χ0) is 14.7. The summed E-state index contributed by atoms with van der Waals surface area (Å²) in [5.74, 6) is -2.25. The Bertz CT molecular complexity index is 621. The third kappa shape index (κ3) is 3.05. The van der Waals surface area contributed by atoms with Crippen LogP contribution in [0, 0.1) is 11.6 Å². The van der Waals surface area contributed by atoms with Gasteiger partial charge < -0.3 is 10.6 Å². The van der Waals surface area contributed by atoms with Gasteiger partial charge in [0.15, 0.2) is 0 Å². The molecule has 0 aliphatic heterocycles. The Morgan fingerprint density at radius 3 is 2.15 bits per heavy atom. The van der Waals surface area contributed by atoms with Crippen LogP contribution in [0.2, 0.25) is 5.02 Å². The van der Waals surface area contributed by atoms with Crippen molar-refractivity contribution in [1.82, 2.24) is 0 Å². The normalized spacial score (nSPS) is 10.2. The van der Waals surface area contributed by atoms with E-state index in [2.05, 4.69) is 10.6 Å². The minimum Gasteiger partial charge on any atom is -0.383 e. The smallest absolute Gasteiger partial charge is 0.255 e. The van der Waals surface area contributed by atoms with Gasteiger partial charge >= 0.3 is 0 Å². The molecule has 0 saturated heterocycles. The number of amides is 1. The number of halogens is 3. The Morgan fingerprint density at radius 1 is 1.10 bits per heavy atom. The van der Waals surface area contributed by atoms with Gasteiger partial charge in [0.1, 0.15) is 17.3 Å². The summed E-state index contributed by atoms with van der Waals surface area (Å²) in [6.07, 6.45) is 0. The summed E-state index contributed by atoms with van der Waals surface area (Å²) in [5, 5.41) is 5.44. The molecule has 0 aromatic heterocycles. The number of nitrogens with one attached hydrogen (secondary N) is 2. The van der Waals surface area contributed by atoms with E-state index < -0.39 is 17.5 Å². The second-order valence-electron chi connectivity index (χ2n) is 4.03. The van der Waals surface area contributed by atoms with E-state index >= 15 is 0 Å². The summed E-state index contributed by atoms with van der Waals surface area (Å²) in [6.45, 7) is 0. The molecular weight excluding hydrogens is 286 g/mol. The highest BCUT2D eigenvalue weighted by atomic mass is 35.5. The van der Waals surface area contributed by atoms with Crippen LogP contribution >= 0.6 is 11.6 Å². The van der Waals surface area contributed by atoms with Crippen molar-refractivity contribution in [3.8, 4) is 0 Å². The van der Waals surface area contributed by atoms with Crippen LogP contribution < -0.4 is 10.6 Å². The van der Waals surface area contributed by atoms with Gasteiger partial charge in [-0.1, -0.05) is 11.6 Å². The zero-order valence-corrected chi connectivity index (χ0v) is 11.3. The Labute approximate surface area is 119 Å². The summed E-state index contributed by atoms with van der Waals surface area (Å²) in [5.41, 5.74) is 0.111. The molecule has 3 nitrogen and oxygen atoms in total. The molecule has 6 heteroatoms. The predicted octanol–water partition coefficient (Wildman–Crippen LogP) is 3.91. The lowest BCUT2D eigenvalue weighted by Crippen LogP contribution is -2.13. The number of benzene rings is 2. The first-order valence-corrected chi connectivity index (χ1v) is 6.13. The van der Waals surface area contributed by atoms with E-state index in [0.717, 1.165) is 12.1 Å². The second kappa shape index (κ2) is 5.88. The highest BCUT2D eigenvalue weighted by Gasteiger charge is 2.14. The Balaban J connectivity index is 2.23. The van der Waals surface area contributed by atoms with Crippen molar-refractivity contribution in [2.75, 3.05) is 17.7 Å².